The maximum absolute atomic E-state index is 3.91. The van der Waals surface area contributed by atoms with Gasteiger partial charge in [-0.15, -0.1) is 0 Å². The molecule has 0 atom stereocenters. The van der Waals surface area contributed by atoms with Gasteiger partial charge in [0, 0.05) is 17.8 Å². The predicted molar refractivity (Wildman–Crippen MR) is 40.7 cm³/mol. The molecule has 0 aromatic carbocycles. The van der Waals surface area contributed by atoms with Gasteiger partial charge in [0.25, 0.3) is 0 Å². The Labute approximate surface area is 60.8 Å². The Hall–Kier alpha value is -0.830. The van der Waals surface area contributed by atoms with Crippen LogP contribution in [0.15, 0.2) is 6.20 Å². The number of rotatable bonds is 3. The van der Waals surface area contributed by atoms with E-state index >= 15 is 0 Å². The largest absolute Gasteiger partial charge is 0.313 e. The van der Waals surface area contributed by atoms with Crippen LogP contribution in [-0.2, 0) is 6.54 Å². The van der Waals surface area contributed by atoms with Crippen LogP contribution in [0.1, 0.15) is 18.2 Å². The van der Waals surface area contributed by atoms with E-state index in [9.17, 15) is 0 Å². The maximum Gasteiger partial charge on any atom is 0.0535 e. The van der Waals surface area contributed by atoms with Gasteiger partial charge in [-0.1, -0.05) is 6.92 Å². The zero-order valence-corrected chi connectivity index (χ0v) is 6.44. The fourth-order valence-electron chi connectivity index (χ4n) is 0.814. The highest BCUT2D eigenvalue weighted by atomic mass is 15.1. The summed E-state index contributed by atoms with van der Waals surface area (Å²) in [5.41, 5.74) is 2.41. The van der Waals surface area contributed by atoms with E-state index in [1.165, 1.54) is 5.56 Å². The first kappa shape index (κ1) is 7.28. The smallest absolute Gasteiger partial charge is 0.0535 e. The molecule has 2 N–H and O–H groups in total. The van der Waals surface area contributed by atoms with Crippen molar-refractivity contribution in [3.63, 3.8) is 0 Å². The van der Waals surface area contributed by atoms with E-state index in [1.807, 2.05) is 13.1 Å². The summed E-state index contributed by atoms with van der Waals surface area (Å²) in [6.45, 7) is 6.04. The molecule has 0 radical (unpaired) electrons. The van der Waals surface area contributed by atoms with Crippen LogP contribution in [0.5, 0.6) is 0 Å². The lowest BCUT2D eigenvalue weighted by Crippen LogP contribution is -2.11. The second-order valence-electron chi connectivity index (χ2n) is 2.30. The van der Waals surface area contributed by atoms with Gasteiger partial charge in [-0.2, -0.15) is 5.10 Å². The average molecular weight is 139 g/mol. The number of hydrogen-bond donors (Lipinski definition) is 2. The highest BCUT2D eigenvalue weighted by molar-refractivity contribution is 5.13. The molecule has 0 saturated heterocycles. The third-order valence-electron chi connectivity index (χ3n) is 1.50. The molecule has 0 amide bonds. The monoisotopic (exact) mass is 139 g/mol. The molecule has 1 rings (SSSR count). The Morgan fingerprint density at radius 3 is 3.00 bits per heavy atom. The van der Waals surface area contributed by atoms with E-state index in [2.05, 4.69) is 22.4 Å². The Morgan fingerprint density at radius 2 is 2.50 bits per heavy atom. The first-order valence-corrected chi connectivity index (χ1v) is 3.54. The Kier molecular flexibility index (Phi) is 2.45. The quantitative estimate of drug-likeness (QED) is 0.651. The lowest BCUT2D eigenvalue weighted by molar-refractivity contribution is 0.724. The number of nitrogens with zero attached hydrogens (tertiary/aromatic N) is 1. The van der Waals surface area contributed by atoms with Crippen molar-refractivity contribution in [1.29, 1.82) is 0 Å². The molecular weight excluding hydrogens is 126 g/mol. The van der Waals surface area contributed by atoms with E-state index in [1.54, 1.807) is 0 Å². The minimum atomic E-state index is 0.916. The van der Waals surface area contributed by atoms with Gasteiger partial charge in [-0.3, -0.25) is 5.10 Å². The maximum atomic E-state index is 3.91. The number of aromatic nitrogens is 2. The highest BCUT2D eigenvalue weighted by Crippen LogP contribution is 2.00. The topological polar surface area (TPSA) is 40.7 Å². The van der Waals surface area contributed by atoms with E-state index < -0.39 is 0 Å². The molecule has 1 aromatic heterocycles. The fraction of sp³-hybridized carbons (Fsp3) is 0.571. The van der Waals surface area contributed by atoms with Crippen molar-refractivity contribution in [1.82, 2.24) is 15.5 Å². The van der Waals surface area contributed by atoms with Gasteiger partial charge in [0.2, 0.25) is 0 Å². The normalized spacial score (nSPS) is 10.2. The molecule has 0 aliphatic carbocycles. The molecule has 0 aliphatic rings. The summed E-state index contributed by atoms with van der Waals surface area (Å²) in [7, 11) is 0. The number of nitrogens with one attached hydrogen (secondary N) is 2. The van der Waals surface area contributed by atoms with E-state index in [4.69, 9.17) is 0 Å². The third kappa shape index (κ3) is 1.57. The van der Waals surface area contributed by atoms with Gasteiger partial charge < -0.3 is 5.32 Å². The van der Waals surface area contributed by atoms with Crippen LogP contribution in [0, 0.1) is 6.92 Å². The van der Waals surface area contributed by atoms with Crippen LogP contribution in [0.2, 0.25) is 0 Å². The zero-order valence-electron chi connectivity index (χ0n) is 6.44. The molecule has 0 saturated carbocycles. The van der Waals surface area contributed by atoms with Gasteiger partial charge in [0.05, 0.1) is 6.20 Å². The SMILES string of the molecule is CCNCc1cn[nH]c1C. The molecule has 1 heterocycles. The van der Waals surface area contributed by atoms with Gasteiger partial charge in [0.1, 0.15) is 0 Å². The minimum Gasteiger partial charge on any atom is -0.313 e. The van der Waals surface area contributed by atoms with E-state index in [0.29, 0.717) is 0 Å². The number of aromatic amines is 1. The van der Waals surface area contributed by atoms with Crippen molar-refractivity contribution in [2.45, 2.75) is 20.4 Å². The van der Waals surface area contributed by atoms with E-state index in [0.717, 1.165) is 18.8 Å². The molecule has 10 heavy (non-hydrogen) atoms. The first-order chi connectivity index (χ1) is 4.84. The standard InChI is InChI=1S/C7H13N3/c1-3-8-4-7-5-9-10-6(7)2/h5,8H,3-4H2,1-2H3,(H,9,10). The summed E-state index contributed by atoms with van der Waals surface area (Å²) in [6, 6.07) is 0. The molecule has 3 nitrogen and oxygen atoms in total. The Bertz CT molecular complexity index is 192. The van der Waals surface area contributed by atoms with Crippen molar-refractivity contribution >= 4 is 0 Å². The second-order valence-corrected chi connectivity index (χ2v) is 2.30. The Morgan fingerprint density at radius 1 is 1.70 bits per heavy atom. The van der Waals surface area contributed by atoms with Crippen LogP contribution in [-0.4, -0.2) is 16.7 Å². The van der Waals surface area contributed by atoms with Crippen LogP contribution in [0.25, 0.3) is 0 Å². The van der Waals surface area contributed by atoms with Crippen molar-refractivity contribution in [3.8, 4) is 0 Å². The fourth-order valence-corrected chi connectivity index (χ4v) is 0.814. The van der Waals surface area contributed by atoms with Crippen LogP contribution in [0.4, 0.5) is 0 Å². The summed E-state index contributed by atoms with van der Waals surface area (Å²) in [4.78, 5) is 0. The number of aryl methyl sites for hydroxylation is 1. The van der Waals surface area contributed by atoms with E-state index in [-0.39, 0.29) is 0 Å². The lowest BCUT2D eigenvalue weighted by Gasteiger charge is -1.97. The van der Waals surface area contributed by atoms with Gasteiger partial charge in [-0.05, 0) is 13.5 Å². The van der Waals surface area contributed by atoms with Crippen molar-refractivity contribution in [2.24, 2.45) is 0 Å². The average Bonchev–Trinajstić information content (AvgIpc) is 2.31. The van der Waals surface area contributed by atoms with Crippen molar-refractivity contribution in [3.05, 3.63) is 17.5 Å². The lowest BCUT2D eigenvalue weighted by atomic mass is 10.3. The Balaban J connectivity index is 2.49. The second kappa shape index (κ2) is 3.37. The van der Waals surface area contributed by atoms with Gasteiger partial charge >= 0.3 is 0 Å². The highest BCUT2D eigenvalue weighted by Gasteiger charge is 1.96. The summed E-state index contributed by atoms with van der Waals surface area (Å²) >= 11 is 0. The molecule has 1 aromatic rings. The van der Waals surface area contributed by atoms with Gasteiger partial charge in [-0.25, -0.2) is 0 Å². The summed E-state index contributed by atoms with van der Waals surface area (Å²) in [5.74, 6) is 0. The molecule has 3 heteroatoms. The molecule has 0 unspecified atom stereocenters. The minimum absolute atomic E-state index is 0.916. The summed E-state index contributed by atoms with van der Waals surface area (Å²) in [6.07, 6.45) is 1.86. The zero-order chi connectivity index (χ0) is 7.40. The summed E-state index contributed by atoms with van der Waals surface area (Å²) < 4.78 is 0. The molecular formula is C7H13N3. The predicted octanol–water partition coefficient (Wildman–Crippen LogP) is 0.828. The van der Waals surface area contributed by atoms with Crippen molar-refractivity contribution in [2.75, 3.05) is 6.54 Å². The molecule has 56 valence electrons. The number of H-pyrrole nitrogens is 1. The molecule has 0 fully saturated rings. The van der Waals surface area contributed by atoms with Crippen LogP contribution >= 0.6 is 0 Å². The van der Waals surface area contributed by atoms with Crippen LogP contribution < -0.4 is 5.32 Å². The molecule has 0 bridgehead atoms. The number of hydrogen-bond acceptors (Lipinski definition) is 2. The van der Waals surface area contributed by atoms with Crippen molar-refractivity contribution < 1.29 is 0 Å². The molecule has 0 spiro atoms. The summed E-state index contributed by atoms with van der Waals surface area (Å²) in [5, 5.41) is 10.0. The molecule has 0 aliphatic heterocycles. The van der Waals surface area contributed by atoms with Gasteiger partial charge in [0.15, 0.2) is 0 Å². The van der Waals surface area contributed by atoms with Crippen LogP contribution in [0.3, 0.4) is 0 Å². The third-order valence-corrected chi connectivity index (χ3v) is 1.50. The first-order valence-electron chi connectivity index (χ1n) is 3.54.